The van der Waals surface area contributed by atoms with Gasteiger partial charge in [0.1, 0.15) is 11.2 Å². The number of nitrogens with zero attached hydrogens (tertiary/aromatic N) is 2. The Morgan fingerprint density at radius 1 is 0.357 bits per heavy atom. The maximum Gasteiger partial charge on any atom is 0.160 e. The average Bonchev–Trinajstić information content (AvgIpc) is 3.91. The quantitative estimate of drug-likeness (QED) is 0.182. The number of hydrogen-bond donors (Lipinski definition) is 0. The molecule has 0 N–H and O–H groups in total. The van der Waals surface area contributed by atoms with Gasteiger partial charge in [0.2, 0.25) is 0 Å². The summed E-state index contributed by atoms with van der Waals surface area (Å²) in [5.41, 5.74) is 18.8. The van der Waals surface area contributed by atoms with Crippen molar-refractivity contribution in [3.63, 3.8) is 0 Å². The predicted octanol–water partition coefficient (Wildman–Crippen LogP) is 13.4. The largest absolute Gasteiger partial charge is 0.456 e. The van der Waals surface area contributed by atoms with Crippen LogP contribution < -0.4 is 0 Å². The van der Waals surface area contributed by atoms with Crippen LogP contribution in [-0.2, 0) is 5.41 Å². The summed E-state index contributed by atoms with van der Waals surface area (Å²) >= 11 is 0. The Labute approximate surface area is 324 Å². The van der Waals surface area contributed by atoms with Crippen molar-refractivity contribution in [1.82, 2.24) is 9.97 Å². The Bertz CT molecular complexity index is 3140. The number of para-hydroxylation sites is 1. The second-order valence-corrected chi connectivity index (χ2v) is 14.8. The summed E-state index contributed by atoms with van der Waals surface area (Å²) in [4.78, 5) is 10.3. The molecule has 12 rings (SSSR count). The van der Waals surface area contributed by atoms with Crippen molar-refractivity contribution in [1.29, 1.82) is 0 Å². The molecular weight excluding hydrogens is 681 g/mol. The van der Waals surface area contributed by atoms with Gasteiger partial charge >= 0.3 is 0 Å². The summed E-state index contributed by atoms with van der Waals surface area (Å²) < 4.78 is 6.46. The highest BCUT2D eigenvalue weighted by molar-refractivity contribution is 6.16. The molecule has 0 saturated carbocycles. The molecular formula is C53H32N2O. The van der Waals surface area contributed by atoms with Gasteiger partial charge in [0.25, 0.3) is 0 Å². The van der Waals surface area contributed by atoms with Crippen LogP contribution in [0.2, 0.25) is 0 Å². The summed E-state index contributed by atoms with van der Waals surface area (Å²) in [6, 6.07) is 69.4. The molecule has 1 unspecified atom stereocenters. The normalized spacial score (nSPS) is 14.9. The third kappa shape index (κ3) is 4.28. The van der Waals surface area contributed by atoms with Crippen molar-refractivity contribution in [2.45, 2.75) is 5.41 Å². The topological polar surface area (TPSA) is 38.9 Å². The summed E-state index contributed by atoms with van der Waals surface area (Å²) in [5.74, 6) is 0.700. The molecule has 2 aromatic heterocycles. The molecule has 2 aliphatic carbocycles. The van der Waals surface area contributed by atoms with E-state index in [1.807, 2.05) is 12.1 Å². The molecule has 2 aliphatic rings. The van der Waals surface area contributed by atoms with Crippen molar-refractivity contribution < 1.29 is 4.42 Å². The van der Waals surface area contributed by atoms with Gasteiger partial charge in [0.05, 0.1) is 16.8 Å². The molecule has 1 spiro atoms. The maximum absolute atomic E-state index is 6.46. The first-order chi connectivity index (χ1) is 27.8. The Balaban J connectivity index is 1.09. The molecule has 0 amide bonds. The maximum atomic E-state index is 6.46. The molecule has 10 aromatic rings. The van der Waals surface area contributed by atoms with Crippen LogP contribution >= 0.6 is 0 Å². The van der Waals surface area contributed by atoms with E-state index in [2.05, 4.69) is 182 Å². The molecule has 0 saturated heterocycles. The predicted molar refractivity (Wildman–Crippen MR) is 227 cm³/mol. The van der Waals surface area contributed by atoms with E-state index in [9.17, 15) is 0 Å². The van der Waals surface area contributed by atoms with Gasteiger partial charge < -0.3 is 4.42 Å². The van der Waals surface area contributed by atoms with Crippen molar-refractivity contribution >= 4 is 21.9 Å². The fourth-order valence-electron chi connectivity index (χ4n) is 9.65. The Morgan fingerprint density at radius 2 is 0.893 bits per heavy atom. The third-order valence-corrected chi connectivity index (χ3v) is 11.9. The van der Waals surface area contributed by atoms with Gasteiger partial charge in [0.15, 0.2) is 5.82 Å². The van der Waals surface area contributed by atoms with Crippen LogP contribution in [0.1, 0.15) is 22.3 Å². The zero-order valence-electron chi connectivity index (χ0n) is 30.3. The first kappa shape index (κ1) is 31.0. The van der Waals surface area contributed by atoms with Crippen LogP contribution in [0.15, 0.2) is 199 Å². The SMILES string of the molecule is c1ccc(-c2cc(-c3ccccc3)nc(-c3cccc(-c4cccc5c4-c4ccccc4C54c5ccccc5-c5c4ccc4oc6ccccc6c54)c3)n2)cc1. The second kappa shape index (κ2) is 11.8. The lowest BCUT2D eigenvalue weighted by molar-refractivity contribution is 0.668. The summed E-state index contributed by atoms with van der Waals surface area (Å²) in [6.07, 6.45) is 0. The van der Waals surface area contributed by atoms with Crippen LogP contribution in [0, 0.1) is 0 Å². The number of hydrogen-bond acceptors (Lipinski definition) is 3. The van der Waals surface area contributed by atoms with E-state index in [-0.39, 0.29) is 0 Å². The van der Waals surface area contributed by atoms with E-state index >= 15 is 0 Å². The Morgan fingerprint density at radius 3 is 1.62 bits per heavy atom. The van der Waals surface area contributed by atoms with Crippen LogP contribution in [-0.4, -0.2) is 9.97 Å². The van der Waals surface area contributed by atoms with Crippen molar-refractivity contribution in [3.05, 3.63) is 216 Å². The Kier molecular flexibility index (Phi) is 6.55. The molecule has 0 radical (unpaired) electrons. The van der Waals surface area contributed by atoms with Crippen LogP contribution in [0.5, 0.6) is 0 Å². The average molecular weight is 713 g/mol. The van der Waals surface area contributed by atoms with Gasteiger partial charge in [-0.25, -0.2) is 9.97 Å². The fourth-order valence-corrected chi connectivity index (χ4v) is 9.65. The Hall–Kier alpha value is -7.36. The number of fused-ring (bicyclic) bond motifs is 14. The van der Waals surface area contributed by atoms with Gasteiger partial charge in [-0.05, 0) is 79.9 Å². The molecule has 3 heteroatoms. The molecule has 2 heterocycles. The molecule has 8 aromatic carbocycles. The summed E-state index contributed by atoms with van der Waals surface area (Å²) in [7, 11) is 0. The van der Waals surface area contributed by atoms with Crippen molar-refractivity contribution in [2.75, 3.05) is 0 Å². The highest BCUT2D eigenvalue weighted by atomic mass is 16.3. The first-order valence-electron chi connectivity index (χ1n) is 19.2. The van der Waals surface area contributed by atoms with Crippen LogP contribution in [0.4, 0.5) is 0 Å². The summed E-state index contributed by atoms with van der Waals surface area (Å²) in [5, 5.41) is 2.34. The number of rotatable bonds is 4. The molecule has 3 nitrogen and oxygen atoms in total. The molecule has 1 atom stereocenters. The summed E-state index contributed by atoms with van der Waals surface area (Å²) in [6.45, 7) is 0. The van der Waals surface area contributed by atoms with Gasteiger partial charge in [-0.2, -0.15) is 0 Å². The monoisotopic (exact) mass is 712 g/mol. The molecule has 56 heavy (non-hydrogen) atoms. The minimum Gasteiger partial charge on any atom is -0.456 e. The van der Waals surface area contributed by atoms with E-state index in [1.54, 1.807) is 0 Å². The van der Waals surface area contributed by atoms with E-state index < -0.39 is 5.41 Å². The standard InChI is InChI=1S/C53H32N2O/c1-3-15-33(16-4-1)45-32-46(34-17-5-2-6-18-34)55-52(54-45)36-20-13-19-35(31-36)37-24-14-27-43-49(37)38-21-7-10-25-41(38)53(43)42-26-11-8-22-39(42)50-44(53)29-30-48-51(50)40-23-9-12-28-47(40)56-48/h1-32H. The highest BCUT2D eigenvalue weighted by Gasteiger charge is 2.52. The van der Waals surface area contributed by atoms with E-state index in [4.69, 9.17) is 14.4 Å². The molecule has 260 valence electrons. The van der Waals surface area contributed by atoms with E-state index in [1.165, 1.54) is 55.5 Å². The lowest BCUT2D eigenvalue weighted by atomic mass is 9.70. The highest BCUT2D eigenvalue weighted by Crippen LogP contribution is 2.65. The molecule has 0 fully saturated rings. The van der Waals surface area contributed by atoms with E-state index in [0.29, 0.717) is 5.82 Å². The van der Waals surface area contributed by atoms with E-state index in [0.717, 1.165) is 50.2 Å². The minimum atomic E-state index is -0.490. The smallest absolute Gasteiger partial charge is 0.160 e. The fraction of sp³-hybridized carbons (Fsp3) is 0.0189. The molecule has 0 bridgehead atoms. The number of benzene rings is 8. The first-order valence-corrected chi connectivity index (χ1v) is 19.2. The number of furan rings is 1. The molecule has 0 aliphatic heterocycles. The van der Waals surface area contributed by atoms with Crippen molar-refractivity contribution in [2.24, 2.45) is 0 Å². The zero-order valence-corrected chi connectivity index (χ0v) is 30.3. The van der Waals surface area contributed by atoms with Gasteiger partial charge in [-0.1, -0.05) is 170 Å². The van der Waals surface area contributed by atoms with Gasteiger partial charge in [-0.3, -0.25) is 0 Å². The van der Waals surface area contributed by atoms with Gasteiger partial charge in [-0.15, -0.1) is 0 Å². The minimum absolute atomic E-state index is 0.490. The van der Waals surface area contributed by atoms with Gasteiger partial charge in [0, 0.05) is 27.5 Å². The van der Waals surface area contributed by atoms with Crippen LogP contribution in [0.25, 0.3) is 89.2 Å². The van der Waals surface area contributed by atoms with Crippen molar-refractivity contribution in [3.8, 4) is 67.3 Å². The zero-order chi connectivity index (χ0) is 36.8. The number of aromatic nitrogens is 2. The second-order valence-electron chi connectivity index (χ2n) is 14.8. The van der Waals surface area contributed by atoms with Crippen LogP contribution in [0.3, 0.4) is 0 Å². The third-order valence-electron chi connectivity index (χ3n) is 11.9. The lowest BCUT2D eigenvalue weighted by Crippen LogP contribution is -2.25. The lowest BCUT2D eigenvalue weighted by Gasteiger charge is -2.30.